The first-order chi connectivity index (χ1) is 14.3. The maximum atomic E-state index is 14.8. The molecule has 0 spiro atoms. The minimum absolute atomic E-state index is 0.183. The lowest BCUT2D eigenvalue weighted by molar-refractivity contribution is -0.119. The van der Waals surface area contributed by atoms with E-state index in [2.05, 4.69) is 10.6 Å². The molecule has 2 aliphatic rings. The van der Waals surface area contributed by atoms with Crippen molar-refractivity contribution in [1.29, 1.82) is 0 Å². The van der Waals surface area contributed by atoms with E-state index in [-0.39, 0.29) is 30.5 Å². The van der Waals surface area contributed by atoms with Crippen LogP contribution in [0.4, 0.5) is 20.6 Å². The molecule has 0 aromatic heterocycles. The van der Waals surface area contributed by atoms with Crippen molar-refractivity contribution < 1.29 is 23.5 Å². The van der Waals surface area contributed by atoms with Crippen LogP contribution in [-0.2, 0) is 14.3 Å². The number of carbonyl (C=O) groups is 3. The molecular weight excluding hydrogens is 413 g/mol. The van der Waals surface area contributed by atoms with Crippen molar-refractivity contribution >= 4 is 52.5 Å². The maximum Gasteiger partial charge on any atom is 0.414 e. The monoisotopic (exact) mass is 429 g/mol. The first kappa shape index (κ1) is 19.9. The molecule has 2 N–H and O–H groups in total. The van der Waals surface area contributed by atoms with Gasteiger partial charge in [0.15, 0.2) is 0 Å². The van der Waals surface area contributed by atoms with Gasteiger partial charge in [-0.25, -0.2) is 9.18 Å². The number of hydrogen-bond acceptors (Lipinski definition) is 4. The van der Waals surface area contributed by atoms with E-state index in [9.17, 15) is 18.8 Å². The van der Waals surface area contributed by atoms with Gasteiger partial charge in [0.05, 0.1) is 24.5 Å². The predicted molar refractivity (Wildman–Crippen MR) is 111 cm³/mol. The zero-order valence-corrected chi connectivity index (χ0v) is 16.6. The number of fused-ring (bicyclic) bond motifs is 1. The van der Waals surface area contributed by atoms with Crippen LogP contribution < -0.4 is 15.5 Å². The normalized spacial score (nSPS) is 19.0. The van der Waals surface area contributed by atoms with Gasteiger partial charge >= 0.3 is 6.09 Å². The highest BCUT2D eigenvalue weighted by molar-refractivity contribution is 6.36. The SMILES string of the molecule is CC(=O)NCC1CN(c2ccc(/C=C3/C(=O)Nc4cc(Cl)ccc43)c(F)c2)C(=O)O1. The quantitative estimate of drug-likeness (QED) is 0.729. The predicted octanol–water partition coefficient (Wildman–Crippen LogP) is 3.43. The molecule has 3 amide bonds. The molecule has 1 saturated heterocycles. The Hall–Kier alpha value is -3.39. The van der Waals surface area contributed by atoms with Gasteiger partial charge in [-0.05, 0) is 36.4 Å². The summed E-state index contributed by atoms with van der Waals surface area (Å²) in [6, 6.07) is 9.27. The third-order valence-corrected chi connectivity index (χ3v) is 5.05. The number of hydrogen-bond donors (Lipinski definition) is 2. The standard InChI is InChI=1S/C21H17ClFN3O4/c1-11(27)24-9-15-10-26(21(29)30-15)14-4-2-12(18(23)8-14)6-17-16-5-3-13(22)7-19(16)25-20(17)28/h2-8,15H,9-10H2,1H3,(H,24,27)(H,25,28)/b17-6+. The largest absolute Gasteiger partial charge is 0.442 e. The van der Waals surface area contributed by atoms with Gasteiger partial charge < -0.3 is 15.4 Å². The van der Waals surface area contributed by atoms with Crippen molar-refractivity contribution in [3.63, 3.8) is 0 Å². The number of amides is 3. The first-order valence-corrected chi connectivity index (χ1v) is 9.55. The van der Waals surface area contributed by atoms with Crippen molar-refractivity contribution in [2.45, 2.75) is 13.0 Å². The van der Waals surface area contributed by atoms with Crippen molar-refractivity contribution in [2.24, 2.45) is 0 Å². The lowest BCUT2D eigenvalue weighted by atomic mass is 10.0. The second-order valence-corrected chi connectivity index (χ2v) is 7.40. The second kappa shape index (κ2) is 7.79. The van der Waals surface area contributed by atoms with Gasteiger partial charge in [-0.1, -0.05) is 17.7 Å². The highest BCUT2D eigenvalue weighted by Gasteiger charge is 2.33. The molecule has 7 nitrogen and oxygen atoms in total. The van der Waals surface area contributed by atoms with Gasteiger partial charge in [0.2, 0.25) is 5.91 Å². The van der Waals surface area contributed by atoms with Gasteiger partial charge in [0, 0.05) is 28.6 Å². The van der Waals surface area contributed by atoms with Crippen LogP contribution in [0.1, 0.15) is 18.1 Å². The lowest BCUT2D eigenvalue weighted by Crippen LogP contribution is -2.33. The molecule has 2 aromatic rings. The van der Waals surface area contributed by atoms with Crippen LogP contribution in [0.5, 0.6) is 0 Å². The number of rotatable bonds is 4. The fourth-order valence-corrected chi connectivity index (χ4v) is 3.53. The Morgan fingerprint density at radius 3 is 2.87 bits per heavy atom. The van der Waals surface area contributed by atoms with Crippen LogP contribution in [-0.4, -0.2) is 37.1 Å². The van der Waals surface area contributed by atoms with Gasteiger partial charge in [0.1, 0.15) is 11.9 Å². The molecule has 2 aliphatic heterocycles. The Morgan fingerprint density at radius 1 is 1.33 bits per heavy atom. The number of nitrogens with one attached hydrogen (secondary N) is 2. The van der Waals surface area contributed by atoms with E-state index >= 15 is 0 Å². The van der Waals surface area contributed by atoms with Crippen molar-refractivity contribution in [3.8, 4) is 0 Å². The van der Waals surface area contributed by atoms with Gasteiger partial charge in [0.25, 0.3) is 5.91 Å². The summed E-state index contributed by atoms with van der Waals surface area (Å²) in [5.41, 5.74) is 2.06. The average Bonchev–Trinajstić information content (AvgIpc) is 3.20. The number of ether oxygens (including phenoxy) is 1. The molecule has 0 aliphatic carbocycles. The molecule has 4 rings (SSSR count). The minimum atomic E-state index is -0.614. The molecule has 2 heterocycles. The summed E-state index contributed by atoms with van der Waals surface area (Å²) in [6.45, 7) is 1.74. The molecule has 2 aromatic carbocycles. The Balaban J connectivity index is 1.56. The number of anilines is 2. The minimum Gasteiger partial charge on any atom is -0.442 e. The first-order valence-electron chi connectivity index (χ1n) is 9.17. The number of halogens is 2. The zero-order chi connectivity index (χ0) is 21.4. The molecule has 154 valence electrons. The molecule has 1 atom stereocenters. The van der Waals surface area contributed by atoms with E-state index in [1.165, 1.54) is 30.0 Å². The molecule has 0 radical (unpaired) electrons. The number of carbonyl (C=O) groups excluding carboxylic acids is 3. The second-order valence-electron chi connectivity index (χ2n) is 6.96. The van der Waals surface area contributed by atoms with Crippen molar-refractivity contribution in [2.75, 3.05) is 23.3 Å². The van der Waals surface area contributed by atoms with Crippen molar-refractivity contribution in [1.82, 2.24) is 5.32 Å². The van der Waals surface area contributed by atoms with Crippen LogP contribution in [0, 0.1) is 5.82 Å². The van der Waals surface area contributed by atoms with Crippen molar-refractivity contribution in [3.05, 3.63) is 58.4 Å². The number of nitrogens with zero attached hydrogens (tertiary/aromatic N) is 1. The third-order valence-electron chi connectivity index (χ3n) is 4.81. The summed E-state index contributed by atoms with van der Waals surface area (Å²) in [6.07, 6.45) is 0.324. The highest BCUT2D eigenvalue weighted by Crippen LogP contribution is 2.35. The lowest BCUT2D eigenvalue weighted by Gasteiger charge is -2.14. The fourth-order valence-electron chi connectivity index (χ4n) is 3.36. The fraction of sp³-hybridized carbons (Fsp3) is 0.190. The van der Waals surface area contributed by atoms with E-state index in [0.29, 0.717) is 27.5 Å². The Labute approximate surface area is 176 Å². The molecule has 9 heteroatoms. The van der Waals surface area contributed by atoms with E-state index in [4.69, 9.17) is 16.3 Å². The van der Waals surface area contributed by atoms with E-state index < -0.39 is 18.0 Å². The summed E-state index contributed by atoms with van der Waals surface area (Å²) in [5.74, 6) is -1.17. The van der Waals surface area contributed by atoms with Gasteiger partial charge in [-0.3, -0.25) is 14.5 Å². The van der Waals surface area contributed by atoms with Crippen LogP contribution in [0.3, 0.4) is 0 Å². The topological polar surface area (TPSA) is 87.7 Å². The van der Waals surface area contributed by atoms with Crippen LogP contribution in [0.25, 0.3) is 11.6 Å². The Bertz CT molecular complexity index is 1100. The van der Waals surface area contributed by atoms with Gasteiger partial charge in [-0.15, -0.1) is 0 Å². The summed E-state index contributed by atoms with van der Waals surface area (Å²) >= 11 is 5.95. The molecule has 0 bridgehead atoms. The van der Waals surface area contributed by atoms with E-state index in [0.717, 1.165) is 0 Å². The highest BCUT2D eigenvalue weighted by atomic mass is 35.5. The summed E-state index contributed by atoms with van der Waals surface area (Å²) in [4.78, 5) is 36.7. The summed E-state index contributed by atoms with van der Waals surface area (Å²) < 4.78 is 20.0. The maximum absolute atomic E-state index is 14.8. The molecule has 30 heavy (non-hydrogen) atoms. The summed E-state index contributed by atoms with van der Waals surface area (Å²) in [7, 11) is 0. The van der Waals surface area contributed by atoms with Crippen LogP contribution in [0.15, 0.2) is 36.4 Å². The molecule has 1 fully saturated rings. The average molecular weight is 430 g/mol. The third kappa shape index (κ3) is 3.86. The molecule has 1 unspecified atom stereocenters. The van der Waals surface area contributed by atoms with E-state index in [1.54, 1.807) is 24.3 Å². The van der Waals surface area contributed by atoms with Crippen LogP contribution >= 0.6 is 11.6 Å². The van der Waals surface area contributed by atoms with E-state index in [1.807, 2.05) is 0 Å². The smallest absolute Gasteiger partial charge is 0.414 e. The number of cyclic esters (lactones) is 1. The Morgan fingerprint density at radius 2 is 2.13 bits per heavy atom. The Kier molecular flexibility index (Phi) is 5.17. The van der Waals surface area contributed by atoms with Gasteiger partial charge in [-0.2, -0.15) is 0 Å². The molecule has 0 saturated carbocycles. The van der Waals surface area contributed by atoms with Crippen LogP contribution in [0.2, 0.25) is 5.02 Å². The summed E-state index contributed by atoms with van der Waals surface area (Å²) in [5, 5.41) is 5.77. The zero-order valence-electron chi connectivity index (χ0n) is 15.9. The number of benzene rings is 2. The molecular formula is C21H17ClFN3O4.